The van der Waals surface area contributed by atoms with E-state index in [4.69, 9.17) is 26.3 Å². The van der Waals surface area contributed by atoms with Gasteiger partial charge in [0.2, 0.25) is 6.10 Å². The van der Waals surface area contributed by atoms with E-state index in [1.54, 1.807) is 24.3 Å². The van der Waals surface area contributed by atoms with Crippen LogP contribution in [0.15, 0.2) is 97.1 Å². The molecule has 0 N–H and O–H groups in total. The van der Waals surface area contributed by atoms with Crippen LogP contribution in [-0.2, 0) is 10.3 Å². The van der Waals surface area contributed by atoms with E-state index in [-0.39, 0.29) is 5.91 Å². The van der Waals surface area contributed by atoms with Crippen molar-refractivity contribution in [2.24, 2.45) is 0 Å². The molecule has 1 saturated heterocycles. The second-order valence-electron chi connectivity index (χ2n) is 10.1. The van der Waals surface area contributed by atoms with Crippen LogP contribution in [0.5, 0.6) is 5.75 Å². The number of carbonyl (C=O) groups excluding carboxylic acids is 1. The largest absolute Gasteiger partial charge is 0.477 e. The lowest BCUT2D eigenvalue weighted by Gasteiger charge is -2.54. The predicted octanol–water partition coefficient (Wildman–Crippen LogP) is 7.13. The van der Waals surface area contributed by atoms with Crippen molar-refractivity contribution in [2.75, 3.05) is 4.90 Å². The summed E-state index contributed by atoms with van der Waals surface area (Å²) in [6.45, 7) is 4.32. The highest BCUT2D eigenvalue weighted by molar-refractivity contribution is 6.30. The van der Waals surface area contributed by atoms with Crippen LogP contribution in [0, 0.1) is 0 Å². The van der Waals surface area contributed by atoms with E-state index >= 15 is 0 Å². The summed E-state index contributed by atoms with van der Waals surface area (Å²) < 4.78 is 6.48. The second-order valence-corrected chi connectivity index (χ2v) is 10.5. The number of rotatable bonds is 4. The van der Waals surface area contributed by atoms with E-state index in [1.165, 1.54) is 5.56 Å². The minimum Gasteiger partial charge on any atom is -0.477 e. The first-order valence-electron chi connectivity index (χ1n) is 12.7. The number of β-lactam (4-membered cyclic amide) rings is 1. The number of hydrogen-bond donors (Lipinski definition) is 0. The van der Waals surface area contributed by atoms with E-state index in [1.807, 2.05) is 53.4 Å². The van der Waals surface area contributed by atoms with Crippen LogP contribution in [0.25, 0.3) is 22.3 Å². The molecule has 1 aromatic heterocycles. The van der Waals surface area contributed by atoms with Crippen LogP contribution in [0.3, 0.4) is 0 Å². The van der Waals surface area contributed by atoms with Gasteiger partial charge in [-0.05, 0) is 65.6 Å². The molecule has 0 unspecified atom stereocenters. The van der Waals surface area contributed by atoms with Crippen molar-refractivity contribution in [3.8, 4) is 17.0 Å². The molecule has 2 aliphatic rings. The van der Waals surface area contributed by atoms with Crippen molar-refractivity contribution in [2.45, 2.75) is 31.4 Å². The summed E-state index contributed by atoms with van der Waals surface area (Å²) in [6.07, 6.45) is -0.827. The molecule has 0 saturated carbocycles. The van der Waals surface area contributed by atoms with Gasteiger partial charge < -0.3 is 4.74 Å². The number of carbonyl (C=O) groups is 1. The summed E-state index contributed by atoms with van der Waals surface area (Å²) in [5.74, 6) is 0.827. The quantitative estimate of drug-likeness (QED) is 0.238. The van der Waals surface area contributed by atoms with E-state index in [0.29, 0.717) is 16.7 Å². The van der Waals surface area contributed by atoms with Crippen LogP contribution in [0.1, 0.15) is 36.6 Å². The average molecular weight is 518 g/mol. The Balaban J connectivity index is 1.48. The smallest absolute Gasteiger partial charge is 0.272 e. The Labute approximate surface area is 225 Å². The molecule has 0 bridgehead atoms. The number of amides is 1. The number of ether oxygens (including phenoxy) is 1. The zero-order valence-corrected chi connectivity index (χ0v) is 21.7. The van der Waals surface area contributed by atoms with Crippen LogP contribution < -0.4 is 9.64 Å². The number of anilines is 1. The lowest BCUT2D eigenvalue weighted by molar-refractivity contribution is -0.139. The maximum absolute atomic E-state index is 14.0. The van der Waals surface area contributed by atoms with Gasteiger partial charge in [-0.15, -0.1) is 0 Å². The number of halogens is 1. The number of aromatic nitrogens is 2. The molecule has 7 rings (SSSR count). The summed E-state index contributed by atoms with van der Waals surface area (Å²) in [5, 5.41) is 0.604. The summed E-state index contributed by atoms with van der Waals surface area (Å²) in [7, 11) is 0. The van der Waals surface area contributed by atoms with E-state index < -0.39 is 11.6 Å². The number of hydrogen-bond acceptors (Lipinski definition) is 4. The fourth-order valence-corrected chi connectivity index (χ4v) is 5.87. The van der Waals surface area contributed by atoms with Gasteiger partial charge in [0.25, 0.3) is 5.91 Å². The Morgan fingerprint density at radius 3 is 2.21 bits per heavy atom. The Kier molecular flexibility index (Phi) is 5.07. The summed E-state index contributed by atoms with van der Waals surface area (Å²) in [6, 6.07) is 31.2. The zero-order chi connectivity index (χ0) is 26.0. The highest BCUT2D eigenvalue weighted by Crippen LogP contribution is 2.58. The molecule has 2 heterocycles. The molecule has 4 aromatic carbocycles. The first-order valence-corrected chi connectivity index (χ1v) is 13.1. The Morgan fingerprint density at radius 2 is 1.50 bits per heavy atom. The molecule has 1 aliphatic carbocycles. The fraction of sp³-hybridized carbons (Fsp3) is 0.156. The Morgan fingerprint density at radius 1 is 0.842 bits per heavy atom. The van der Waals surface area contributed by atoms with Crippen LogP contribution >= 0.6 is 11.6 Å². The van der Waals surface area contributed by atoms with Gasteiger partial charge in [0.05, 0.1) is 16.7 Å². The van der Waals surface area contributed by atoms with Crippen LogP contribution in [0.4, 0.5) is 5.69 Å². The third-order valence-corrected chi connectivity index (χ3v) is 7.84. The SMILES string of the molecule is CC(C)c1ccc(N2C(=O)[C@H](Oc3ccc(Cl)cc3)[C@]23c2ccccc2-c2nc4ccccc4nc23)cc1. The Hall–Kier alpha value is -4.22. The third kappa shape index (κ3) is 3.15. The molecule has 1 aliphatic heterocycles. The monoisotopic (exact) mass is 517 g/mol. The first kappa shape index (κ1) is 22.9. The van der Waals surface area contributed by atoms with E-state index in [2.05, 4.69) is 38.1 Å². The summed E-state index contributed by atoms with van der Waals surface area (Å²) in [5.41, 5.74) is 6.04. The van der Waals surface area contributed by atoms with Crippen molar-refractivity contribution in [1.82, 2.24) is 9.97 Å². The molecule has 5 aromatic rings. The standard InChI is InChI=1S/C32H24ClN3O2/c1-19(2)20-11-15-22(16-12-20)36-31(37)30(38-23-17-13-21(33)14-18-23)32(36)25-8-4-3-7-24(25)28-29(32)35-27-10-6-5-9-26(27)34-28/h3-19,30H,1-2H3/t30-,32+/m0/s1. The van der Waals surface area contributed by atoms with Gasteiger partial charge in [0.1, 0.15) is 11.4 Å². The third-order valence-electron chi connectivity index (χ3n) is 7.59. The van der Waals surface area contributed by atoms with E-state index in [9.17, 15) is 4.79 Å². The molecule has 186 valence electrons. The minimum atomic E-state index is -0.973. The lowest BCUT2D eigenvalue weighted by atomic mass is 9.74. The normalized spacial score (nSPS) is 19.5. The van der Waals surface area contributed by atoms with Crippen molar-refractivity contribution < 1.29 is 9.53 Å². The molecule has 1 spiro atoms. The van der Waals surface area contributed by atoms with Crippen molar-refractivity contribution in [3.05, 3.63) is 119 Å². The molecular formula is C32H24ClN3O2. The number of fused-ring (bicyclic) bond motifs is 6. The molecule has 0 radical (unpaired) electrons. The Bertz CT molecular complexity index is 1720. The molecule has 5 nitrogen and oxygen atoms in total. The predicted molar refractivity (Wildman–Crippen MR) is 150 cm³/mol. The maximum atomic E-state index is 14.0. The fourth-order valence-electron chi connectivity index (χ4n) is 5.74. The highest BCUT2D eigenvalue weighted by Gasteiger charge is 2.69. The summed E-state index contributed by atoms with van der Waals surface area (Å²) in [4.78, 5) is 26.1. The number of nitrogens with zero attached hydrogens (tertiary/aromatic N) is 3. The van der Waals surface area contributed by atoms with Gasteiger partial charge in [-0.25, -0.2) is 9.97 Å². The number of benzene rings is 4. The van der Waals surface area contributed by atoms with Gasteiger partial charge in [-0.1, -0.05) is 74.0 Å². The van der Waals surface area contributed by atoms with Gasteiger partial charge in [-0.2, -0.15) is 0 Å². The molecular weight excluding hydrogens is 494 g/mol. The van der Waals surface area contributed by atoms with Crippen molar-refractivity contribution in [3.63, 3.8) is 0 Å². The summed E-state index contributed by atoms with van der Waals surface area (Å²) >= 11 is 6.12. The average Bonchev–Trinajstić information content (AvgIpc) is 3.23. The molecule has 38 heavy (non-hydrogen) atoms. The number of para-hydroxylation sites is 2. The van der Waals surface area contributed by atoms with Crippen LogP contribution in [-0.4, -0.2) is 22.0 Å². The van der Waals surface area contributed by atoms with Gasteiger partial charge >= 0.3 is 0 Å². The van der Waals surface area contributed by atoms with Crippen molar-refractivity contribution >= 4 is 34.2 Å². The topological polar surface area (TPSA) is 55.3 Å². The first-order chi connectivity index (χ1) is 18.5. The second kappa shape index (κ2) is 8.40. The molecule has 1 amide bonds. The van der Waals surface area contributed by atoms with Gasteiger partial charge in [0.15, 0.2) is 5.54 Å². The van der Waals surface area contributed by atoms with Gasteiger partial charge in [0, 0.05) is 16.3 Å². The minimum absolute atomic E-state index is 0.130. The maximum Gasteiger partial charge on any atom is 0.272 e. The van der Waals surface area contributed by atoms with Crippen molar-refractivity contribution in [1.29, 1.82) is 0 Å². The van der Waals surface area contributed by atoms with E-state index in [0.717, 1.165) is 39.2 Å². The highest BCUT2D eigenvalue weighted by atomic mass is 35.5. The molecule has 2 atom stereocenters. The van der Waals surface area contributed by atoms with Gasteiger partial charge in [-0.3, -0.25) is 9.69 Å². The zero-order valence-electron chi connectivity index (χ0n) is 20.9. The lowest BCUT2D eigenvalue weighted by Crippen LogP contribution is -2.74. The molecule has 1 fully saturated rings. The van der Waals surface area contributed by atoms with Crippen LogP contribution in [0.2, 0.25) is 5.02 Å². The molecule has 6 heteroatoms.